The van der Waals surface area contributed by atoms with Gasteiger partial charge in [0.25, 0.3) is 0 Å². The monoisotopic (exact) mass is 315 g/mol. The van der Waals surface area contributed by atoms with E-state index in [1.807, 2.05) is 0 Å². The van der Waals surface area contributed by atoms with Crippen molar-refractivity contribution in [3.05, 3.63) is 23.3 Å². The average Bonchev–Trinajstić information content (AvgIpc) is 2.26. The zero-order chi connectivity index (χ0) is 16.0. The van der Waals surface area contributed by atoms with Crippen LogP contribution in [0, 0.1) is 6.92 Å². The lowest BCUT2D eigenvalue weighted by atomic mass is 10.1. The second-order valence-corrected chi connectivity index (χ2v) is 7.24. The quantitative estimate of drug-likeness (QED) is 0.788. The zero-order valence-corrected chi connectivity index (χ0v) is 13.0. The lowest BCUT2D eigenvalue weighted by Gasteiger charge is -2.30. The van der Waals surface area contributed by atoms with E-state index >= 15 is 0 Å². The Labute approximate surface area is 123 Å². The van der Waals surface area contributed by atoms with Crippen molar-refractivity contribution >= 4 is 16.4 Å². The molecule has 1 heterocycles. The van der Waals surface area contributed by atoms with E-state index in [1.165, 1.54) is 12.1 Å². The van der Waals surface area contributed by atoms with Gasteiger partial charge in [-0.05, 0) is 45.4 Å². The van der Waals surface area contributed by atoms with Crippen molar-refractivity contribution in [2.45, 2.75) is 39.8 Å². The molecule has 21 heavy (non-hydrogen) atoms. The molecule has 0 unspecified atom stereocenters. The highest BCUT2D eigenvalue weighted by Crippen LogP contribution is 2.35. The van der Waals surface area contributed by atoms with Crippen molar-refractivity contribution in [3.63, 3.8) is 0 Å². The van der Waals surface area contributed by atoms with Crippen LogP contribution >= 0.6 is 0 Å². The van der Waals surface area contributed by atoms with E-state index in [0.717, 1.165) is 0 Å². The predicted molar refractivity (Wildman–Crippen MR) is 74.2 cm³/mol. The Balaban J connectivity index is 2.40. The molecule has 0 aliphatic carbocycles. The van der Waals surface area contributed by atoms with Crippen molar-refractivity contribution in [1.29, 1.82) is 0 Å². The van der Waals surface area contributed by atoms with Gasteiger partial charge in [0.1, 0.15) is 11.4 Å². The second-order valence-electron chi connectivity index (χ2n) is 5.78. The van der Waals surface area contributed by atoms with Gasteiger partial charge in [0, 0.05) is 5.56 Å². The topological polar surface area (TPSA) is 93.1 Å². The third kappa shape index (κ3) is 3.21. The summed E-state index contributed by atoms with van der Waals surface area (Å²) in [7, 11) is -4.27. The summed E-state index contributed by atoms with van der Waals surface area (Å²) in [5.74, 6) is 0.103. The molecule has 0 fully saturated rings. The van der Waals surface area contributed by atoms with Gasteiger partial charge in [-0.15, -0.1) is 0 Å². The molecule has 1 aromatic carbocycles. The molecule has 1 N–H and O–H groups in total. The fraction of sp³-hybridized carbons (Fsp3) is 0.462. The van der Waals surface area contributed by atoms with Crippen molar-refractivity contribution in [3.8, 4) is 11.5 Å². The number of aromatic hydroxyl groups is 1. The van der Waals surface area contributed by atoms with Crippen LogP contribution in [0.4, 0.5) is 4.79 Å². The van der Waals surface area contributed by atoms with E-state index in [0.29, 0.717) is 15.4 Å². The van der Waals surface area contributed by atoms with Gasteiger partial charge in [-0.3, -0.25) is 0 Å². The van der Waals surface area contributed by atoms with E-state index in [9.17, 15) is 18.3 Å². The summed E-state index contributed by atoms with van der Waals surface area (Å²) in [6.07, 6.45) is -1.02. The highest BCUT2D eigenvalue weighted by atomic mass is 32.2. The number of carbonyl (C=O) groups is 1. The molecular weight excluding hydrogens is 298 g/mol. The van der Waals surface area contributed by atoms with Crippen LogP contribution in [-0.2, 0) is 21.6 Å². The fourth-order valence-corrected chi connectivity index (χ4v) is 2.97. The summed E-state index contributed by atoms with van der Waals surface area (Å²) in [5.41, 5.74) is 0.0346. The van der Waals surface area contributed by atoms with Crippen LogP contribution in [0.1, 0.15) is 31.9 Å². The van der Waals surface area contributed by atoms with Crippen LogP contribution in [0.25, 0.3) is 0 Å². The van der Waals surface area contributed by atoms with Crippen LogP contribution in [-0.4, -0.2) is 29.5 Å². The lowest BCUT2D eigenvalue weighted by Crippen LogP contribution is -2.44. The molecule has 7 nitrogen and oxygen atoms in total. The van der Waals surface area contributed by atoms with Crippen LogP contribution in [0.3, 0.4) is 0 Å². The number of amides is 1. The third-order valence-electron chi connectivity index (χ3n) is 2.71. The Morgan fingerprint density at radius 3 is 2.57 bits per heavy atom. The molecular formula is C13H17NO6S. The molecule has 0 atom stereocenters. The first-order valence-electron chi connectivity index (χ1n) is 6.27. The standard InChI is InChI=1S/C13H17NO6S/c1-8-5-10(15)6-9-7-14(12(16)19-13(2,3)4)21(17,18)20-11(8)9/h5-6,15H,7H2,1-4H3. The minimum Gasteiger partial charge on any atom is -0.508 e. The molecule has 0 radical (unpaired) electrons. The Kier molecular flexibility index (Phi) is 3.53. The number of phenols is 1. The molecule has 0 saturated carbocycles. The summed E-state index contributed by atoms with van der Waals surface area (Å²) >= 11 is 0. The predicted octanol–water partition coefficient (Wildman–Crippen LogP) is 2.07. The highest BCUT2D eigenvalue weighted by molar-refractivity contribution is 7.85. The number of ether oxygens (including phenoxy) is 1. The van der Waals surface area contributed by atoms with Gasteiger partial charge in [-0.25, -0.2) is 4.79 Å². The Bertz CT molecular complexity index is 689. The minimum absolute atomic E-state index is 0.0294. The molecule has 0 bridgehead atoms. The highest BCUT2D eigenvalue weighted by Gasteiger charge is 2.39. The van der Waals surface area contributed by atoms with E-state index in [2.05, 4.69) is 0 Å². The number of benzene rings is 1. The van der Waals surface area contributed by atoms with Crippen molar-refractivity contribution < 1.29 is 27.2 Å². The van der Waals surface area contributed by atoms with Gasteiger partial charge in [-0.1, -0.05) is 0 Å². The molecule has 1 aliphatic heterocycles. The van der Waals surface area contributed by atoms with Gasteiger partial charge in [0.2, 0.25) is 0 Å². The van der Waals surface area contributed by atoms with Gasteiger partial charge in [0.15, 0.2) is 5.75 Å². The van der Waals surface area contributed by atoms with E-state index < -0.39 is 22.0 Å². The zero-order valence-electron chi connectivity index (χ0n) is 12.2. The number of hydrogen-bond donors (Lipinski definition) is 1. The third-order valence-corrected chi connectivity index (χ3v) is 3.90. The largest absolute Gasteiger partial charge is 0.508 e. The van der Waals surface area contributed by atoms with Gasteiger partial charge >= 0.3 is 16.4 Å². The first-order valence-corrected chi connectivity index (χ1v) is 7.64. The summed E-state index contributed by atoms with van der Waals surface area (Å²) in [4.78, 5) is 12.0. The summed E-state index contributed by atoms with van der Waals surface area (Å²) in [5, 5.41) is 9.57. The van der Waals surface area contributed by atoms with Crippen LogP contribution in [0.5, 0.6) is 11.5 Å². The molecule has 1 aromatic rings. The van der Waals surface area contributed by atoms with Gasteiger partial charge in [-0.2, -0.15) is 12.7 Å². The van der Waals surface area contributed by atoms with E-state index in [-0.39, 0.29) is 18.0 Å². The summed E-state index contributed by atoms with van der Waals surface area (Å²) in [6, 6.07) is 2.74. The maximum atomic E-state index is 12.0. The van der Waals surface area contributed by atoms with Crippen LogP contribution in [0.2, 0.25) is 0 Å². The fourth-order valence-electron chi connectivity index (χ4n) is 1.92. The number of aryl methyl sites for hydroxylation is 1. The first kappa shape index (κ1) is 15.4. The normalized spacial score (nSPS) is 16.9. The van der Waals surface area contributed by atoms with E-state index in [1.54, 1.807) is 27.7 Å². The Hall–Kier alpha value is -1.96. The molecule has 2 rings (SSSR count). The van der Waals surface area contributed by atoms with Crippen molar-refractivity contribution in [2.24, 2.45) is 0 Å². The number of carbonyl (C=O) groups excluding carboxylic acids is 1. The number of rotatable bonds is 0. The van der Waals surface area contributed by atoms with Gasteiger partial charge in [0.05, 0.1) is 6.54 Å². The van der Waals surface area contributed by atoms with Crippen LogP contribution < -0.4 is 4.18 Å². The first-order chi connectivity index (χ1) is 9.49. The van der Waals surface area contributed by atoms with Crippen LogP contribution in [0.15, 0.2) is 12.1 Å². The molecule has 1 amide bonds. The smallest absolute Gasteiger partial charge is 0.427 e. The number of fused-ring (bicyclic) bond motifs is 1. The molecule has 1 aliphatic rings. The second kappa shape index (κ2) is 4.80. The lowest BCUT2D eigenvalue weighted by molar-refractivity contribution is 0.0362. The average molecular weight is 315 g/mol. The van der Waals surface area contributed by atoms with Crippen molar-refractivity contribution in [1.82, 2.24) is 4.31 Å². The number of hydrogen-bond acceptors (Lipinski definition) is 6. The van der Waals surface area contributed by atoms with E-state index in [4.69, 9.17) is 8.92 Å². The minimum atomic E-state index is -4.27. The number of nitrogens with zero attached hydrogens (tertiary/aromatic N) is 1. The molecule has 8 heteroatoms. The Morgan fingerprint density at radius 1 is 1.38 bits per heavy atom. The summed E-state index contributed by atoms with van der Waals surface area (Å²) < 4.78 is 34.6. The number of phenolic OH excluding ortho intramolecular Hbond substituents is 1. The molecule has 0 aromatic heterocycles. The maximum absolute atomic E-state index is 12.0. The van der Waals surface area contributed by atoms with Gasteiger partial charge < -0.3 is 14.0 Å². The Morgan fingerprint density at radius 2 is 2.00 bits per heavy atom. The molecule has 0 saturated heterocycles. The molecule has 0 spiro atoms. The van der Waals surface area contributed by atoms with Crippen molar-refractivity contribution in [2.75, 3.05) is 0 Å². The maximum Gasteiger partial charge on any atom is 0.427 e. The SMILES string of the molecule is Cc1cc(O)cc2c1OS(=O)(=O)N(C(=O)OC(C)(C)C)C2. The summed E-state index contributed by atoms with van der Waals surface area (Å²) in [6.45, 7) is 6.25. The molecule has 116 valence electrons.